The molecule has 0 aromatic heterocycles. The minimum Gasteiger partial charge on any atom is -0.507 e. The molecule has 0 saturated heterocycles. The number of hydrogen-bond acceptors (Lipinski definition) is 4. The van der Waals surface area contributed by atoms with Gasteiger partial charge in [-0.05, 0) is 66.4 Å². The SMILES string of the molecule is Cc1cc(/C=C/C(=O)COc2ccc(CC(=O)O)cc2)cc(C)c1O. The van der Waals surface area contributed by atoms with Crippen molar-refractivity contribution >= 4 is 17.8 Å². The second kappa shape index (κ2) is 8.15. The Morgan fingerprint density at radius 1 is 1.08 bits per heavy atom. The largest absolute Gasteiger partial charge is 0.507 e. The molecule has 0 heterocycles. The van der Waals surface area contributed by atoms with E-state index < -0.39 is 5.97 Å². The van der Waals surface area contributed by atoms with Gasteiger partial charge in [0.25, 0.3) is 0 Å². The number of rotatable bonds is 7. The molecule has 0 amide bonds. The van der Waals surface area contributed by atoms with Gasteiger partial charge in [0.05, 0.1) is 6.42 Å². The van der Waals surface area contributed by atoms with Gasteiger partial charge in [-0.2, -0.15) is 0 Å². The molecule has 0 aliphatic heterocycles. The number of aliphatic carboxylic acids is 1. The third-order valence-corrected chi connectivity index (χ3v) is 3.63. The predicted molar refractivity (Wildman–Crippen MR) is 94.9 cm³/mol. The third kappa shape index (κ3) is 5.49. The van der Waals surface area contributed by atoms with Gasteiger partial charge in [0, 0.05) is 0 Å². The molecule has 25 heavy (non-hydrogen) atoms. The number of carbonyl (C=O) groups excluding carboxylic acids is 1. The Kier molecular flexibility index (Phi) is 5.95. The van der Waals surface area contributed by atoms with E-state index in [4.69, 9.17) is 9.84 Å². The van der Waals surface area contributed by atoms with Gasteiger partial charge in [-0.15, -0.1) is 0 Å². The quantitative estimate of drug-likeness (QED) is 0.756. The van der Waals surface area contributed by atoms with Crippen molar-refractivity contribution in [3.05, 3.63) is 64.7 Å². The zero-order valence-electron chi connectivity index (χ0n) is 14.2. The fourth-order valence-electron chi connectivity index (χ4n) is 2.36. The summed E-state index contributed by atoms with van der Waals surface area (Å²) in [4.78, 5) is 22.5. The van der Waals surface area contributed by atoms with Gasteiger partial charge >= 0.3 is 5.97 Å². The van der Waals surface area contributed by atoms with Crippen LogP contribution in [-0.4, -0.2) is 28.6 Å². The second-order valence-corrected chi connectivity index (χ2v) is 5.81. The second-order valence-electron chi connectivity index (χ2n) is 5.81. The van der Waals surface area contributed by atoms with Crippen LogP contribution < -0.4 is 4.74 Å². The van der Waals surface area contributed by atoms with Crippen molar-refractivity contribution in [1.29, 1.82) is 0 Å². The van der Waals surface area contributed by atoms with Crippen molar-refractivity contribution in [2.75, 3.05) is 6.61 Å². The summed E-state index contributed by atoms with van der Waals surface area (Å²) in [6.45, 7) is 3.50. The van der Waals surface area contributed by atoms with E-state index in [-0.39, 0.29) is 24.6 Å². The van der Waals surface area contributed by atoms with Crippen molar-refractivity contribution in [3.8, 4) is 11.5 Å². The molecule has 0 aliphatic rings. The van der Waals surface area contributed by atoms with E-state index in [1.54, 1.807) is 56.3 Å². The molecule has 2 rings (SSSR count). The number of ketones is 1. The molecule has 0 saturated carbocycles. The molecule has 0 aliphatic carbocycles. The number of carbonyl (C=O) groups is 2. The van der Waals surface area contributed by atoms with Gasteiger partial charge in [-0.25, -0.2) is 0 Å². The third-order valence-electron chi connectivity index (χ3n) is 3.63. The van der Waals surface area contributed by atoms with Gasteiger partial charge in [-0.3, -0.25) is 9.59 Å². The molecule has 0 atom stereocenters. The lowest BCUT2D eigenvalue weighted by molar-refractivity contribution is -0.136. The molecule has 0 unspecified atom stereocenters. The maximum Gasteiger partial charge on any atom is 0.307 e. The fourth-order valence-corrected chi connectivity index (χ4v) is 2.36. The lowest BCUT2D eigenvalue weighted by Crippen LogP contribution is -2.08. The average molecular weight is 340 g/mol. The molecule has 5 heteroatoms. The summed E-state index contributed by atoms with van der Waals surface area (Å²) in [6, 6.07) is 10.2. The monoisotopic (exact) mass is 340 g/mol. The Morgan fingerprint density at radius 3 is 2.24 bits per heavy atom. The van der Waals surface area contributed by atoms with E-state index in [0.717, 1.165) is 16.7 Å². The van der Waals surface area contributed by atoms with E-state index in [9.17, 15) is 14.7 Å². The Hall–Kier alpha value is -3.08. The number of aromatic hydroxyl groups is 1. The molecular weight excluding hydrogens is 320 g/mol. The fraction of sp³-hybridized carbons (Fsp3) is 0.200. The van der Waals surface area contributed by atoms with E-state index in [2.05, 4.69) is 0 Å². The summed E-state index contributed by atoms with van der Waals surface area (Å²) < 4.78 is 5.39. The van der Waals surface area contributed by atoms with Crippen LogP contribution in [0.4, 0.5) is 0 Å². The highest BCUT2D eigenvalue weighted by atomic mass is 16.5. The van der Waals surface area contributed by atoms with Gasteiger partial charge < -0.3 is 14.9 Å². The van der Waals surface area contributed by atoms with Crippen molar-refractivity contribution < 1.29 is 24.5 Å². The standard InChI is InChI=1S/C20H20O5/c1-13-9-16(10-14(2)20(13)24)3-6-17(21)12-25-18-7-4-15(5-8-18)11-19(22)23/h3-10,24H,11-12H2,1-2H3,(H,22,23)/b6-3+. The smallest absolute Gasteiger partial charge is 0.307 e. The Balaban J connectivity index is 1.91. The van der Waals surface area contributed by atoms with Crippen molar-refractivity contribution in [3.63, 3.8) is 0 Å². The molecule has 2 aromatic rings. The topological polar surface area (TPSA) is 83.8 Å². The molecule has 0 bridgehead atoms. The molecular formula is C20H20O5. The van der Waals surface area contributed by atoms with Crippen LogP contribution in [0.3, 0.4) is 0 Å². The first-order chi connectivity index (χ1) is 11.8. The Labute approximate surface area is 146 Å². The van der Waals surface area contributed by atoms with Crippen LogP contribution in [0.25, 0.3) is 6.08 Å². The van der Waals surface area contributed by atoms with Gasteiger partial charge in [0.2, 0.25) is 0 Å². The highest BCUT2D eigenvalue weighted by Crippen LogP contribution is 2.23. The van der Waals surface area contributed by atoms with E-state index in [1.165, 1.54) is 6.08 Å². The number of phenols is 1. The Bertz CT molecular complexity index is 780. The van der Waals surface area contributed by atoms with Gasteiger partial charge in [-0.1, -0.05) is 18.2 Å². The highest BCUT2D eigenvalue weighted by Gasteiger charge is 2.04. The summed E-state index contributed by atoms with van der Waals surface area (Å²) in [5.74, 6) is -0.322. The number of ether oxygens (including phenoxy) is 1. The summed E-state index contributed by atoms with van der Waals surface area (Å²) in [6.07, 6.45) is 3.07. The van der Waals surface area contributed by atoms with Crippen LogP contribution in [-0.2, 0) is 16.0 Å². The maximum absolute atomic E-state index is 11.9. The molecule has 2 N–H and O–H groups in total. The number of carboxylic acid groups (broad SMARTS) is 1. The molecule has 5 nitrogen and oxygen atoms in total. The number of carboxylic acids is 1. The number of benzene rings is 2. The number of phenolic OH excluding ortho intramolecular Hbond substituents is 1. The summed E-state index contributed by atoms with van der Waals surface area (Å²) in [5.41, 5.74) is 3.01. The van der Waals surface area contributed by atoms with E-state index in [0.29, 0.717) is 11.3 Å². The van der Waals surface area contributed by atoms with Crippen LogP contribution >= 0.6 is 0 Å². The van der Waals surface area contributed by atoms with Crippen LogP contribution in [0.5, 0.6) is 11.5 Å². The first kappa shape index (κ1) is 18.3. The lowest BCUT2D eigenvalue weighted by atomic mass is 10.1. The maximum atomic E-state index is 11.9. The average Bonchev–Trinajstić information content (AvgIpc) is 2.56. The van der Waals surface area contributed by atoms with Crippen molar-refractivity contribution in [2.45, 2.75) is 20.3 Å². The van der Waals surface area contributed by atoms with Gasteiger partial charge in [0.1, 0.15) is 11.5 Å². The first-order valence-corrected chi connectivity index (χ1v) is 7.80. The predicted octanol–water partition coefficient (Wildman–Crippen LogP) is 3.30. The van der Waals surface area contributed by atoms with Crippen LogP contribution in [0.2, 0.25) is 0 Å². The summed E-state index contributed by atoms with van der Waals surface area (Å²) >= 11 is 0. The molecule has 130 valence electrons. The van der Waals surface area contributed by atoms with E-state index >= 15 is 0 Å². The summed E-state index contributed by atoms with van der Waals surface area (Å²) in [7, 11) is 0. The summed E-state index contributed by atoms with van der Waals surface area (Å²) in [5, 5.41) is 18.5. The van der Waals surface area contributed by atoms with Crippen molar-refractivity contribution in [2.24, 2.45) is 0 Å². The zero-order chi connectivity index (χ0) is 18.4. The minimum absolute atomic E-state index is 0.0482. The highest BCUT2D eigenvalue weighted by molar-refractivity contribution is 5.94. The van der Waals surface area contributed by atoms with E-state index in [1.807, 2.05) is 0 Å². The number of aryl methyl sites for hydroxylation is 2. The molecule has 0 fully saturated rings. The van der Waals surface area contributed by atoms with Crippen LogP contribution in [0, 0.1) is 13.8 Å². The first-order valence-electron chi connectivity index (χ1n) is 7.80. The number of hydrogen-bond donors (Lipinski definition) is 2. The Morgan fingerprint density at radius 2 is 1.68 bits per heavy atom. The molecule has 0 radical (unpaired) electrons. The lowest BCUT2D eigenvalue weighted by Gasteiger charge is -2.05. The minimum atomic E-state index is -0.895. The van der Waals surface area contributed by atoms with Crippen LogP contribution in [0.15, 0.2) is 42.5 Å². The van der Waals surface area contributed by atoms with Crippen molar-refractivity contribution in [1.82, 2.24) is 0 Å². The normalized spacial score (nSPS) is 10.8. The van der Waals surface area contributed by atoms with Gasteiger partial charge in [0.15, 0.2) is 12.4 Å². The molecule has 0 spiro atoms. The zero-order valence-corrected chi connectivity index (χ0v) is 14.2. The van der Waals surface area contributed by atoms with Crippen LogP contribution in [0.1, 0.15) is 22.3 Å². The molecule has 2 aromatic carbocycles.